The van der Waals surface area contributed by atoms with Crippen LogP contribution in [0, 0.1) is 13.8 Å². The summed E-state index contributed by atoms with van der Waals surface area (Å²) in [6, 6.07) is 5.45. The zero-order chi connectivity index (χ0) is 15.6. The fraction of sp³-hybridized carbons (Fsp3) is 0.312. The molecule has 0 atom stereocenters. The topological polar surface area (TPSA) is 51.4 Å². The van der Waals surface area contributed by atoms with Gasteiger partial charge in [-0.25, -0.2) is 0 Å². The third-order valence-electron chi connectivity index (χ3n) is 3.54. The van der Waals surface area contributed by atoms with Crippen LogP contribution < -0.4 is 15.4 Å². The molecule has 2 aromatic rings. The van der Waals surface area contributed by atoms with Crippen molar-refractivity contribution in [2.45, 2.75) is 20.4 Å². The lowest BCUT2D eigenvalue weighted by Gasteiger charge is -2.22. The third kappa shape index (κ3) is 3.22. The van der Waals surface area contributed by atoms with Gasteiger partial charge in [-0.05, 0) is 32.0 Å². The Bertz CT molecular complexity index is 658. The van der Waals surface area contributed by atoms with E-state index in [2.05, 4.69) is 4.98 Å². The van der Waals surface area contributed by atoms with Gasteiger partial charge < -0.3 is 15.4 Å². The summed E-state index contributed by atoms with van der Waals surface area (Å²) in [5.41, 5.74) is 10.6. The standard InChI is InChI=1S/C16H20ClN3O/c1-10-8-19-14(11(2)16(10)21-4)9-20(3)15-7-12(17)5-6-13(15)18/h5-8H,9,18H2,1-4H3. The predicted octanol–water partition coefficient (Wildman–Crippen LogP) is 3.58. The fourth-order valence-corrected chi connectivity index (χ4v) is 2.55. The molecule has 112 valence electrons. The normalized spacial score (nSPS) is 10.5. The number of methoxy groups -OCH3 is 1. The number of aryl methyl sites for hydroxylation is 1. The number of ether oxygens (including phenoxy) is 1. The van der Waals surface area contributed by atoms with Crippen LogP contribution in [-0.4, -0.2) is 19.1 Å². The number of benzene rings is 1. The van der Waals surface area contributed by atoms with E-state index in [1.54, 1.807) is 13.2 Å². The Morgan fingerprint density at radius 2 is 2.05 bits per heavy atom. The lowest BCUT2D eigenvalue weighted by molar-refractivity contribution is 0.407. The maximum Gasteiger partial charge on any atom is 0.128 e. The molecule has 1 heterocycles. The molecule has 4 nitrogen and oxygen atoms in total. The first-order valence-corrected chi connectivity index (χ1v) is 7.07. The van der Waals surface area contributed by atoms with Gasteiger partial charge in [-0.2, -0.15) is 0 Å². The van der Waals surface area contributed by atoms with Gasteiger partial charge in [0.25, 0.3) is 0 Å². The minimum atomic E-state index is 0.632. The second-order valence-electron chi connectivity index (χ2n) is 5.11. The minimum absolute atomic E-state index is 0.632. The highest BCUT2D eigenvalue weighted by Gasteiger charge is 2.13. The number of pyridine rings is 1. The fourth-order valence-electron chi connectivity index (χ4n) is 2.39. The number of nitrogens with two attached hydrogens (primary N) is 1. The van der Waals surface area contributed by atoms with Crippen LogP contribution in [0.25, 0.3) is 0 Å². The summed E-state index contributed by atoms with van der Waals surface area (Å²) in [7, 11) is 3.65. The molecule has 0 aliphatic rings. The Morgan fingerprint density at radius 1 is 1.33 bits per heavy atom. The van der Waals surface area contributed by atoms with Crippen molar-refractivity contribution < 1.29 is 4.74 Å². The van der Waals surface area contributed by atoms with Gasteiger partial charge in [0.05, 0.1) is 30.7 Å². The van der Waals surface area contributed by atoms with Crippen LogP contribution in [0.1, 0.15) is 16.8 Å². The van der Waals surface area contributed by atoms with E-state index in [4.69, 9.17) is 22.1 Å². The van der Waals surface area contributed by atoms with Gasteiger partial charge in [0, 0.05) is 29.4 Å². The quantitative estimate of drug-likeness (QED) is 0.877. The average molecular weight is 306 g/mol. The number of hydrogen-bond donors (Lipinski definition) is 1. The molecule has 0 amide bonds. The number of nitrogens with zero attached hydrogens (tertiary/aromatic N) is 2. The zero-order valence-electron chi connectivity index (χ0n) is 12.8. The molecule has 0 unspecified atom stereocenters. The van der Waals surface area contributed by atoms with E-state index in [1.807, 2.05) is 44.1 Å². The predicted molar refractivity (Wildman–Crippen MR) is 88.2 cm³/mol. The molecular weight excluding hydrogens is 286 g/mol. The molecule has 1 aromatic heterocycles. The van der Waals surface area contributed by atoms with Gasteiger partial charge in [-0.3, -0.25) is 4.98 Å². The Hall–Kier alpha value is -1.94. The number of nitrogen functional groups attached to an aromatic ring is 1. The molecule has 0 bridgehead atoms. The first-order chi connectivity index (χ1) is 9.93. The van der Waals surface area contributed by atoms with Gasteiger partial charge in [-0.1, -0.05) is 11.6 Å². The smallest absolute Gasteiger partial charge is 0.128 e. The summed E-state index contributed by atoms with van der Waals surface area (Å²) in [5, 5.41) is 0.664. The molecule has 0 fully saturated rings. The van der Waals surface area contributed by atoms with Crippen LogP contribution in [0.3, 0.4) is 0 Å². The highest BCUT2D eigenvalue weighted by molar-refractivity contribution is 6.31. The van der Waals surface area contributed by atoms with Gasteiger partial charge >= 0.3 is 0 Å². The van der Waals surface area contributed by atoms with Crippen molar-refractivity contribution in [1.82, 2.24) is 4.98 Å². The molecule has 0 saturated heterocycles. The Balaban J connectivity index is 2.32. The Kier molecular flexibility index (Phi) is 4.58. The van der Waals surface area contributed by atoms with E-state index in [9.17, 15) is 0 Å². The minimum Gasteiger partial charge on any atom is -0.496 e. The van der Waals surface area contributed by atoms with E-state index in [-0.39, 0.29) is 0 Å². The molecule has 2 N–H and O–H groups in total. The van der Waals surface area contributed by atoms with Gasteiger partial charge in [0.15, 0.2) is 0 Å². The first-order valence-electron chi connectivity index (χ1n) is 6.69. The molecule has 0 aliphatic heterocycles. The SMILES string of the molecule is COc1c(C)cnc(CN(C)c2cc(Cl)ccc2N)c1C. The number of aromatic nitrogens is 1. The summed E-state index contributed by atoms with van der Waals surface area (Å²) in [5.74, 6) is 0.882. The number of rotatable bonds is 4. The van der Waals surface area contributed by atoms with Crippen molar-refractivity contribution in [2.75, 3.05) is 24.8 Å². The summed E-state index contributed by atoms with van der Waals surface area (Å²) in [6.07, 6.45) is 1.83. The molecule has 0 radical (unpaired) electrons. The Labute approximate surface area is 130 Å². The second-order valence-corrected chi connectivity index (χ2v) is 5.54. The summed E-state index contributed by atoms with van der Waals surface area (Å²) < 4.78 is 5.44. The average Bonchev–Trinajstić information content (AvgIpc) is 2.45. The first kappa shape index (κ1) is 15.4. The molecule has 2 rings (SSSR count). The Morgan fingerprint density at radius 3 is 2.71 bits per heavy atom. The molecule has 1 aromatic carbocycles. The van der Waals surface area contributed by atoms with E-state index in [0.717, 1.165) is 28.3 Å². The summed E-state index contributed by atoms with van der Waals surface area (Å²) in [6.45, 7) is 4.64. The van der Waals surface area contributed by atoms with E-state index >= 15 is 0 Å². The van der Waals surface area contributed by atoms with Crippen LogP contribution in [0.5, 0.6) is 5.75 Å². The van der Waals surface area contributed by atoms with Crippen molar-refractivity contribution in [2.24, 2.45) is 0 Å². The monoisotopic (exact) mass is 305 g/mol. The number of halogens is 1. The van der Waals surface area contributed by atoms with Crippen molar-refractivity contribution in [3.63, 3.8) is 0 Å². The van der Waals surface area contributed by atoms with Gasteiger partial charge in [0.2, 0.25) is 0 Å². The molecular formula is C16H20ClN3O. The highest BCUT2D eigenvalue weighted by atomic mass is 35.5. The molecule has 0 aliphatic carbocycles. The summed E-state index contributed by atoms with van der Waals surface area (Å²) >= 11 is 6.05. The molecule has 0 saturated carbocycles. The molecule has 0 spiro atoms. The van der Waals surface area contributed by atoms with Crippen LogP contribution in [0.15, 0.2) is 24.4 Å². The number of anilines is 2. The zero-order valence-corrected chi connectivity index (χ0v) is 13.5. The van der Waals surface area contributed by atoms with E-state index in [0.29, 0.717) is 17.3 Å². The van der Waals surface area contributed by atoms with Crippen molar-refractivity contribution in [3.05, 3.63) is 46.2 Å². The lowest BCUT2D eigenvalue weighted by Crippen LogP contribution is -2.19. The number of hydrogen-bond acceptors (Lipinski definition) is 4. The van der Waals surface area contributed by atoms with Crippen LogP contribution in [-0.2, 0) is 6.54 Å². The highest BCUT2D eigenvalue weighted by Crippen LogP contribution is 2.29. The maximum absolute atomic E-state index is 6.05. The third-order valence-corrected chi connectivity index (χ3v) is 3.78. The summed E-state index contributed by atoms with van der Waals surface area (Å²) in [4.78, 5) is 6.54. The largest absolute Gasteiger partial charge is 0.496 e. The van der Waals surface area contributed by atoms with Crippen molar-refractivity contribution in [3.8, 4) is 5.75 Å². The van der Waals surface area contributed by atoms with Crippen LogP contribution in [0.2, 0.25) is 5.02 Å². The van der Waals surface area contributed by atoms with Crippen molar-refractivity contribution in [1.29, 1.82) is 0 Å². The van der Waals surface area contributed by atoms with Crippen LogP contribution in [0.4, 0.5) is 11.4 Å². The molecule has 5 heteroatoms. The molecule has 21 heavy (non-hydrogen) atoms. The van der Waals surface area contributed by atoms with Gasteiger partial charge in [-0.15, -0.1) is 0 Å². The maximum atomic E-state index is 6.05. The van der Waals surface area contributed by atoms with Crippen molar-refractivity contribution >= 4 is 23.0 Å². The lowest BCUT2D eigenvalue weighted by atomic mass is 10.1. The second kappa shape index (κ2) is 6.22. The van der Waals surface area contributed by atoms with E-state index in [1.165, 1.54) is 0 Å². The van der Waals surface area contributed by atoms with Gasteiger partial charge in [0.1, 0.15) is 5.75 Å². The van der Waals surface area contributed by atoms with Crippen LogP contribution >= 0.6 is 11.6 Å². The van der Waals surface area contributed by atoms with E-state index < -0.39 is 0 Å².